The smallest absolute Gasteiger partial charge is 0.413 e. The molecule has 0 bridgehead atoms. The lowest BCUT2D eigenvalue weighted by Crippen LogP contribution is -2.40. The monoisotopic (exact) mass is 321 g/mol. The van der Waals surface area contributed by atoms with E-state index in [1.807, 2.05) is 0 Å². The van der Waals surface area contributed by atoms with Gasteiger partial charge in [0.25, 0.3) is 0 Å². The number of phenolic OH excluding ortho intramolecular Hbond substituents is 1. The van der Waals surface area contributed by atoms with Crippen molar-refractivity contribution in [3.05, 3.63) is 56.9 Å². The van der Waals surface area contributed by atoms with Crippen molar-refractivity contribution in [3.63, 3.8) is 0 Å². The Kier molecular flexibility index (Phi) is 4.42. The van der Waals surface area contributed by atoms with E-state index in [1.54, 1.807) is 0 Å². The minimum atomic E-state index is -1.60. The van der Waals surface area contributed by atoms with Crippen LogP contribution in [0.1, 0.15) is 11.6 Å². The zero-order chi connectivity index (χ0) is 16.3. The first-order chi connectivity index (χ1) is 10.4. The fraction of sp³-hybridized carbons (Fsp3) is 0.0714. The number of carboxylic acids is 1. The number of hydrogen-bond acceptors (Lipinski definition) is 5. The third-order valence-electron chi connectivity index (χ3n) is 2.90. The molecule has 0 fully saturated rings. The van der Waals surface area contributed by atoms with Gasteiger partial charge in [0, 0.05) is 5.38 Å². The highest BCUT2D eigenvalue weighted by Gasteiger charge is 2.33. The highest BCUT2D eigenvalue weighted by molar-refractivity contribution is 7.07. The Labute approximate surface area is 128 Å². The van der Waals surface area contributed by atoms with Gasteiger partial charge in [0.15, 0.2) is 6.04 Å². The van der Waals surface area contributed by atoms with Gasteiger partial charge in [-0.3, -0.25) is 9.69 Å². The molecule has 2 aromatic rings. The van der Waals surface area contributed by atoms with E-state index in [2.05, 4.69) is 0 Å². The number of amides is 1. The SMILES string of the molecule is O=C(O)C(c1ccc(O)cc1)N(C(=O)O)c1csccc1=O. The van der Waals surface area contributed by atoms with Crippen LogP contribution in [-0.4, -0.2) is 27.4 Å². The van der Waals surface area contributed by atoms with Crippen LogP contribution in [-0.2, 0) is 4.79 Å². The van der Waals surface area contributed by atoms with E-state index in [1.165, 1.54) is 41.1 Å². The molecule has 8 heteroatoms. The van der Waals surface area contributed by atoms with Gasteiger partial charge in [-0.1, -0.05) is 12.1 Å². The molecular formula is C14H11NO6S. The van der Waals surface area contributed by atoms with Crippen LogP contribution in [0.5, 0.6) is 5.75 Å². The number of anilines is 1. The minimum absolute atomic E-state index is 0.0822. The van der Waals surface area contributed by atoms with Crippen LogP contribution in [0.3, 0.4) is 0 Å². The molecule has 0 saturated heterocycles. The van der Waals surface area contributed by atoms with Crippen LogP contribution in [0.2, 0.25) is 0 Å². The van der Waals surface area contributed by atoms with E-state index in [9.17, 15) is 29.7 Å². The number of aliphatic carboxylic acids is 1. The first kappa shape index (κ1) is 15.5. The third kappa shape index (κ3) is 3.07. The van der Waals surface area contributed by atoms with Crippen molar-refractivity contribution >= 4 is 29.1 Å². The predicted octanol–water partition coefficient (Wildman–Crippen LogP) is 2.12. The van der Waals surface area contributed by atoms with E-state index < -0.39 is 23.5 Å². The van der Waals surface area contributed by atoms with Gasteiger partial charge < -0.3 is 15.3 Å². The molecule has 0 saturated carbocycles. The van der Waals surface area contributed by atoms with Gasteiger partial charge >= 0.3 is 12.1 Å². The van der Waals surface area contributed by atoms with Crippen molar-refractivity contribution in [1.82, 2.24) is 0 Å². The fourth-order valence-corrected chi connectivity index (χ4v) is 2.57. The van der Waals surface area contributed by atoms with Crippen LogP contribution in [0, 0.1) is 0 Å². The lowest BCUT2D eigenvalue weighted by Gasteiger charge is -2.25. The van der Waals surface area contributed by atoms with Gasteiger partial charge in [0.2, 0.25) is 5.43 Å². The summed E-state index contributed by atoms with van der Waals surface area (Å²) in [6.07, 6.45) is -1.56. The summed E-state index contributed by atoms with van der Waals surface area (Å²) >= 11 is 1.08. The number of carbonyl (C=O) groups is 2. The molecule has 3 N–H and O–H groups in total. The molecule has 0 radical (unpaired) electrons. The molecule has 1 amide bonds. The Hall–Kier alpha value is -2.87. The Morgan fingerprint density at radius 3 is 2.23 bits per heavy atom. The zero-order valence-corrected chi connectivity index (χ0v) is 11.9. The first-order valence-electron chi connectivity index (χ1n) is 6.02. The molecule has 1 atom stereocenters. The summed E-state index contributed by atoms with van der Waals surface area (Å²) in [4.78, 5) is 35.4. The van der Waals surface area contributed by atoms with Crippen molar-refractivity contribution in [2.45, 2.75) is 6.04 Å². The van der Waals surface area contributed by atoms with E-state index in [4.69, 9.17) is 0 Å². The van der Waals surface area contributed by atoms with Crippen LogP contribution < -0.4 is 10.3 Å². The quantitative estimate of drug-likeness (QED) is 0.794. The van der Waals surface area contributed by atoms with Crippen LogP contribution in [0.4, 0.5) is 10.5 Å². The molecule has 7 nitrogen and oxygen atoms in total. The Bertz CT molecular complexity index is 754. The average Bonchev–Trinajstić information content (AvgIpc) is 2.46. The predicted molar refractivity (Wildman–Crippen MR) is 79.6 cm³/mol. The number of carboxylic acid groups (broad SMARTS) is 2. The second kappa shape index (κ2) is 6.27. The van der Waals surface area contributed by atoms with Gasteiger partial charge in [0.05, 0.1) is 0 Å². The van der Waals surface area contributed by atoms with Crippen LogP contribution >= 0.6 is 11.3 Å². The fourth-order valence-electron chi connectivity index (χ4n) is 1.94. The maximum atomic E-state index is 11.8. The molecule has 0 spiro atoms. The molecule has 22 heavy (non-hydrogen) atoms. The molecule has 1 aromatic carbocycles. The van der Waals surface area contributed by atoms with Gasteiger partial charge in [-0.25, -0.2) is 9.59 Å². The number of benzene rings is 1. The highest BCUT2D eigenvalue weighted by Crippen LogP contribution is 2.27. The standard InChI is InChI=1S/C14H11NO6S/c16-9-3-1-8(2-4-9)12(13(18)19)15(14(20)21)10-7-22-6-5-11(10)17/h1-7,12,16H,(H,18,19)(H,20,21). The number of hydrogen-bond donors (Lipinski definition) is 3. The third-order valence-corrected chi connectivity index (χ3v) is 3.55. The summed E-state index contributed by atoms with van der Waals surface area (Å²) in [6.45, 7) is 0. The molecule has 0 aliphatic carbocycles. The normalized spacial score (nSPS) is 11.6. The van der Waals surface area contributed by atoms with Crippen molar-refractivity contribution in [2.24, 2.45) is 0 Å². The maximum Gasteiger partial charge on any atom is 0.413 e. The summed E-state index contributed by atoms with van der Waals surface area (Å²) in [7, 11) is 0. The first-order valence-corrected chi connectivity index (χ1v) is 6.96. The number of rotatable bonds is 4. The molecule has 2 rings (SSSR count). The summed E-state index contributed by atoms with van der Waals surface area (Å²) < 4.78 is 0. The van der Waals surface area contributed by atoms with Crippen molar-refractivity contribution in [1.29, 1.82) is 0 Å². The Morgan fingerprint density at radius 2 is 1.73 bits per heavy atom. The summed E-state index contributed by atoms with van der Waals surface area (Å²) in [5, 5.41) is 30.8. The van der Waals surface area contributed by atoms with E-state index in [0.29, 0.717) is 4.90 Å². The van der Waals surface area contributed by atoms with Gasteiger partial charge in [-0.2, -0.15) is 0 Å². The summed E-state index contributed by atoms with van der Waals surface area (Å²) in [5.41, 5.74) is -0.701. The Balaban J connectivity index is 2.59. The molecule has 114 valence electrons. The van der Waals surface area contributed by atoms with Crippen molar-refractivity contribution in [2.75, 3.05) is 4.90 Å². The van der Waals surface area contributed by atoms with E-state index >= 15 is 0 Å². The molecule has 1 unspecified atom stereocenters. The van der Waals surface area contributed by atoms with E-state index in [0.717, 1.165) is 11.3 Å². The van der Waals surface area contributed by atoms with Gasteiger partial charge in [-0.15, -0.1) is 11.3 Å². The summed E-state index contributed by atoms with van der Waals surface area (Å²) in [5.74, 6) is -1.51. The Morgan fingerprint density at radius 1 is 1.09 bits per heavy atom. The largest absolute Gasteiger partial charge is 0.508 e. The second-order valence-electron chi connectivity index (χ2n) is 4.29. The average molecular weight is 321 g/mol. The topological polar surface area (TPSA) is 115 Å². The molecular weight excluding hydrogens is 310 g/mol. The maximum absolute atomic E-state index is 11.8. The lowest BCUT2D eigenvalue weighted by atomic mass is 10.0. The number of aromatic hydroxyl groups is 1. The number of phenols is 1. The number of nitrogens with zero attached hydrogens (tertiary/aromatic N) is 1. The van der Waals surface area contributed by atoms with Crippen LogP contribution in [0.15, 0.2) is 45.9 Å². The second-order valence-corrected chi connectivity index (χ2v) is 5.07. The zero-order valence-electron chi connectivity index (χ0n) is 11.0. The molecule has 1 aromatic heterocycles. The van der Waals surface area contributed by atoms with Gasteiger partial charge in [-0.05, 0) is 29.1 Å². The van der Waals surface area contributed by atoms with Gasteiger partial charge in [0.1, 0.15) is 11.4 Å². The van der Waals surface area contributed by atoms with Crippen molar-refractivity contribution in [3.8, 4) is 5.75 Å². The minimum Gasteiger partial charge on any atom is -0.508 e. The summed E-state index contributed by atoms with van der Waals surface area (Å²) in [6, 6.07) is 4.65. The lowest BCUT2D eigenvalue weighted by molar-refractivity contribution is -0.138. The molecule has 0 aliphatic heterocycles. The highest BCUT2D eigenvalue weighted by atomic mass is 32.1. The van der Waals surface area contributed by atoms with Crippen molar-refractivity contribution < 1.29 is 24.9 Å². The molecule has 1 heterocycles. The van der Waals surface area contributed by atoms with E-state index in [-0.39, 0.29) is 17.0 Å². The van der Waals surface area contributed by atoms with Crippen LogP contribution in [0.25, 0.3) is 0 Å². The molecule has 0 aliphatic rings.